The van der Waals surface area contributed by atoms with Crippen LogP contribution < -0.4 is 4.72 Å². The number of hydrogen-bond donors (Lipinski definition) is 2. The highest BCUT2D eigenvalue weighted by Gasteiger charge is 2.24. The topological polar surface area (TPSA) is 92.7 Å². The molecule has 0 aliphatic rings. The Morgan fingerprint density at radius 2 is 1.90 bits per heavy atom. The molecule has 21 heavy (non-hydrogen) atoms. The minimum Gasteiger partial charge on any atom is -0.478 e. The Morgan fingerprint density at radius 3 is 2.38 bits per heavy atom. The maximum atomic E-state index is 12.4. The van der Waals surface area contributed by atoms with E-state index in [1.54, 1.807) is 27.7 Å². The summed E-state index contributed by atoms with van der Waals surface area (Å²) in [5.41, 5.74) is 0.439. The summed E-state index contributed by atoms with van der Waals surface area (Å²) >= 11 is 0. The van der Waals surface area contributed by atoms with Gasteiger partial charge in [0.05, 0.1) is 16.1 Å². The Bertz CT molecular complexity index is 650. The molecule has 0 aliphatic carbocycles. The van der Waals surface area contributed by atoms with Crippen LogP contribution in [0.1, 0.15) is 35.3 Å². The molecule has 0 spiro atoms. The number of hydrogen-bond acceptors (Lipinski definition) is 4. The smallest absolute Gasteiger partial charge is 0.335 e. The molecular weight excluding hydrogens is 294 g/mol. The Labute approximate surface area is 125 Å². The molecule has 0 fully saturated rings. The number of benzene rings is 1. The molecule has 6 nitrogen and oxygen atoms in total. The number of carboxylic acid groups (broad SMARTS) is 1. The Balaban J connectivity index is 3.22. The number of methoxy groups -OCH3 is 1. The molecule has 0 saturated heterocycles. The molecule has 1 aromatic carbocycles. The van der Waals surface area contributed by atoms with Gasteiger partial charge in [-0.1, -0.05) is 0 Å². The SMILES string of the molecule is COC(C)(C)CNS(=O)(=O)c1cc(C(=O)O)cc(C)c1C. The average Bonchev–Trinajstić information content (AvgIpc) is 2.39. The molecule has 0 heterocycles. The van der Waals surface area contributed by atoms with Gasteiger partial charge in [0.1, 0.15) is 0 Å². The van der Waals surface area contributed by atoms with Gasteiger partial charge in [0.25, 0.3) is 0 Å². The summed E-state index contributed by atoms with van der Waals surface area (Å²) in [4.78, 5) is 11.1. The quantitative estimate of drug-likeness (QED) is 0.833. The van der Waals surface area contributed by atoms with E-state index in [-0.39, 0.29) is 17.0 Å². The lowest BCUT2D eigenvalue weighted by Crippen LogP contribution is -2.39. The number of aryl methyl sites for hydroxylation is 1. The average molecular weight is 315 g/mol. The summed E-state index contributed by atoms with van der Waals surface area (Å²) in [6, 6.07) is 2.63. The van der Waals surface area contributed by atoms with Crippen LogP contribution in [0, 0.1) is 13.8 Å². The first kappa shape index (κ1) is 17.6. The number of rotatable bonds is 6. The lowest BCUT2D eigenvalue weighted by molar-refractivity contribution is 0.0276. The second-order valence-corrected chi connectivity index (χ2v) is 7.25. The molecule has 7 heteroatoms. The highest BCUT2D eigenvalue weighted by Crippen LogP contribution is 2.21. The number of ether oxygens (including phenoxy) is 1. The maximum Gasteiger partial charge on any atom is 0.335 e. The zero-order valence-corrected chi connectivity index (χ0v) is 13.7. The maximum absolute atomic E-state index is 12.4. The van der Waals surface area contributed by atoms with Crippen LogP contribution in [0.2, 0.25) is 0 Å². The first-order valence-electron chi connectivity index (χ1n) is 6.39. The van der Waals surface area contributed by atoms with E-state index < -0.39 is 21.6 Å². The number of sulfonamides is 1. The molecule has 1 rings (SSSR count). The molecule has 0 unspecified atom stereocenters. The molecule has 0 saturated carbocycles. The van der Waals surface area contributed by atoms with Crippen molar-refractivity contribution in [2.75, 3.05) is 13.7 Å². The van der Waals surface area contributed by atoms with Crippen LogP contribution in [-0.2, 0) is 14.8 Å². The molecule has 0 aliphatic heterocycles. The van der Waals surface area contributed by atoms with E-state index in [9.17, 15) is 13.2 Å². The van der Waals surface area contributed by atoms with Crippen LogP contribution in [0.5, 0.6) is 0 Å². The summed E-state index contributed by atoms with van der Waals surface area (Å²) in [5.74, 6) is -1.16. The Morgan fingerprint density at radius 1 is 1.33 bits per heavy atom. The van der Waals surface area contributed by atoms with Gasteiger partial charge in [-0.05, 0) is 51.0 Å². The summed E-state index contributed by atoms with van der Waals surface area (Å²) < 4.78 is 32.4. The van der Waals surface area contributed by atoms with E-state index in [1.807, 2.05) is 0 Å². The second kappa shape index (κ2) is 6.13. The molecular formula is C14H21NO5S. The van der Waals surface area contributed by atoms with Crippen molar-refractivity contribution >= 4 is 16.0 Å². The first-order chi connectivity index (χ1) is 9.50. The molecule has 0 radical (unpaired) electrons. The third kappa shape index (κ3) is 4.26. The third-order valence-electron chi connectivity index (χ3n) is 3.40. The Hall–Kier alpha value is -1.44. The highest BCUT2D eigenvalue weighted by molar-refractivity contribution is 7.89. The summed E-state index contributed by atoms with van der Waals surface area (Å²) in [6.45, 7) is 6.92. The molecule has 118 valence electrons. The van der Waals surface area contributed by atoms with Crippen molar-refractivity contribution in [1.82, 2.24) is 4.72 Å². The van der Waals surface area contributed by atoms with E-state index in [4.69, 9.17) is 9.84 Å². The van der Waals surface area contributed by atoms with E-state index in [1.165, 1.54) is 19.2 Å². The first-order valence-corrected chi connectivity index (χ1v) is 7.88. The number of nitrogens with one attached hydrogen (secondary N) is 1. The third-order valence-corrected chi connectivity index (χ3v) is 4.92. The van der Waals surface area contributed by atoms with Crippen molar-refractivity contribution in [1.29, 1.82) is 0 Å². The van der Waals surface area contributed by atoms with Gasteiger partial charge in [0.2, 0.25) is 10.0 Å². The molecule has 0 bridgehead atoms. The monoisotopic (exact) mass is 315 g/mol. The van der Waals surface area contributed by atoms with Crippen molar-refractivity contribution in [3.8, 4) is 0 Å². The van der Waals surface area contributed by atoms with Gasteiger partial charge in [-0.3, -0.25) is 0 Å². The van der Waals surface area contributed by atoms with Crippen molar-refractivity contribution in [2.45, 2.75) is 38.2 Å². The van der Waals surface area contributed by atoms with Gasteiger partial charge in [0, 0.05) is 13.7 Å². The molecule has 1 aromatic rings. The van der Waals surface area contributed by atoms with Gasteiger partial charge in [-0.2, -0.15) is 0 Å². The predicted octanol–water partition coefficient (Wildman–Crippen LogP) is 1.70. The van der Waals surface area contributed by atoms with Crippen molar-refractivity contribution in [3.63, 3.8) is 0 Å². The van der Waals surface area contributed by atoms with E-state index in [2.05, 4.69) is 4.72 Å². The van der Waals surface area contributed by atoms with Crippen LogP contribution in [-0.4, -0.2) is 38.7 Å². The number of carboxylic acids is 1. The number of carbonyl (C=O) groups is 1. The van der Waals surface area contributed by atoms with E-state index in [0.29, 0.717) is 11.1 Å². The second-order valence-electron chi connectivity index (χ2n) is 5.51. The van der Waals surface area contributed by atoms with Crippen molar-refractivity contribution < 1.29 is 23.1 Å². The summed E-state index contributed by atoms with van der Waals surface area (Å²) in [6.07, 6.45) is 0. The molecule has 0 atom stereocenters. The molecule has 2 N–H and O–H groups in total. The number of aromatic carboxylic acids is 1. The fraction of sp³-hybridized carbons (Fsp3) is 0.500. The lowest BCUT2D eigenvalue weighted by atomic mass is 10.1. The van der Waals surface area contributed by atoms with Gasteiger partial charge in [-0.25, -0.2) is 17.9 Å². The van der Waals surface area contributed by atoms with Crippen LogP contribution in [0.25, 0.3) is 0 Å². The lowest BCUT2D eigenvalue weighted by Gasteiger charge is -2.23. The Kier molecular flexibility index (Phi) is 5.14. The highest BCUT2D eigenvalue weighted by atomic mass is 32.2. The normalized spacial score (nSPS) is 12.4. The summed E-state index contributed by atoms with van der Waals surface area (Å²) in [7, 11) is -2.31. The predicted molar refractivity (Wildman–Crippen MR) is 79.2 cm³/mol. The van der Waals surface area contributed by atoms with Gasteiger partial charge >= 0.3 is 5.97 Å². The van der Waals surface area contributed by atoms with Gasteiger partial charge in [-0.15, -0.1) is 0 Å². The minimum absolute atomic E-state index is 0.0215. The zero-order chi connectivity index (χ0) is 16.4. The molecule has 0 amide bonds. The van der Waals surface area contributed by atoms with Gasteiger partial charge in [0.15, 0.2) is 0 Å². The van der Waals surface area contributed by atoms with Crippen LogP contribution >= 0.6 is 0 Å². The van der Waals surface area contributed by atoms with Crippen LogP contribution in [0.3, 0.4) is 0 Å². The fourth-order valence-corrected chi connectivity index (χ4v) is 3.19. The van der Waals surface area contributed by atoms with Crippen molar-refractivity contribution in [2.24, 2.45) is 0 Å². The molecule has 0 aromatic heterocycles. The van der Waals surface area contributed by atoms with Crippen LogP contribution in [0.4, 0.5) is 0 Å². The van der Waals surface area contributed by atoms with Crippen LogP contribution in [0.15, 0.2) is 17.0 Å². The minimum atomic E-state index is -3.81. The largest absolute Gasteiger partial charge is 0.478 e. The zero-order valence-electron chi connectivity index (χ0n) is 12.9. The fourth-order valence-electron chi connectivity index (χ4n) is 1.65. The standard InChI is InChI=1S/C14H21NO5S/c1-9-6-11(13(16)17)7-12(10(9)2)21(18,19)15-8-14(3,4)20-5/h6-7,15H,8H2,1-5H3,(H,16,17). The van der Waals surface area contributed by atoms with E-state index >= 15 is 0 Å². The van der Waals surface area contributed by atoms with Crippen molar-refractivity contribution in [3.05, 3.63) is 28.8 Å². The van der Waals surface area contributed by atoms with E-state index in [0.717, 1.165) is 0 Å². The summed E-state index contributed by atoms with van der Waals surface area (Å²) in [5, 5.41) is 9.05. The van der Waals surface area contributed by atoms with Gasteiger partial charge < -0.3 is 9.84 Å².